The molecule has 0 bridgehead atoms. The van der Waals surface area contributed by atoms with Gasteiger partial charge in [-0.1, -0.05) is 12.1 Å². The number of aryl methyl sites for hydroxylation is 1. The van der Waals surface area contributed by atoms with Crippen molar-refractivity contribution >= 4 is 17.6 Å². The Morgan fingerprint density at radius 3 is 2.81 bits per heavy atom. The molecule has 0 radical (unpaired) electrons. The van der Waals surface area contributed by atoms with Gasteiger partial charge in [0, 0.05) is 30.7 Å². The fourth-order valence-corrected chi connectivity index (χ4v) is 4.63. The van der Waals surface area contributed by atoms with Gasteiger partial charge in [-0.15, -0.1) is 0 Å². The minimum Gasteiger partial charge on any atom is -0.441 e. The lowest BCUT2D eigenvalue weighted by atomic mass is 9.78. The van der Waals surface area contributed by atoms with E-state index in [4.69, 9.17) is 4.74 Å². The number of halogens is 1. The topological polar surface area (TPSA) is 72.3 Å². The van der Waals surface area contributed by atoms with E-state index in [2.05, 4.69) is 15.4 Å². The molecule has 2 aliphatic rings. The van der Waals surface area contributed by atoms with Gasteiger partial charge >= 0.3 is 6.09 Å². The highest BCUT2D eigenvalue weighted by molar-refractivity contribution is 5.90. The zero-order chi connectivity index (χ0) is 22.1. The summed E-state index contributed by atoms with van der Waals surface area (Å²) in [5.41, 5.74) is 1.74. The van der Waals surface area contributed by atoms with Crippen molar-refractivity contribution in [1.29, 1.82) is 0 Å². The third-order valence-corrected chi connectivity index (χ3v) is 6.44. The van der Waals surface area contributed by atoms with Crippen molar-refractivity contribution < 1.29 is 13.9 Å². The third-order valence-electron chi connectivity index (χ3n) is 6.44. The van der Waals surface area contributed by atoms with E-state index in [-0.39, 0.29) is 11.9 Å². The molecule has 0 atom stereocenters. The van der Waals surface area contributed by atoms with E-state index < -0.39 is 5.60 Å². The second-order valence-electron chi connectivity index (χ2n) is 8.71. The monoisotopic (exact) mass is 435 g/mol. The van der Waals surface area contributed by atoms with Crippen LogP contribution in [0.3, 0.4) is 0 Å². The summed E-state index contributed by atoms with van der Waals surface area (Å²) in [5.74, 6) is 0.886. The van der Waals surface area contributed by atoms with E-state index in [1.807, 2.05) is 25.1 Å². The lowest BCUT2D eigenvalue weighted by Crippen LogP contribution is -2.39. The number of nitrogens with one attached hydrogen (secondary N) is 1. The van der Waals surface area contributed by atoms with Gasteiger partial charge in [0.25, 0.3) is 0 Å². The number of pyridine rings is 1. The number of anilines is 2. The summed E-state index contributed by atoms with van der Waals surface area (Å²) in [5, 5.41) is 7.81. The molecule has 1 spiro atoms. The van der Waals surface area contributed by atoms with Crippen LogP contribution in [-0.2, 0) is 4.74 Å². The zero-order valence-electron chi connectivity index (χ0n) is 18.0. The maximum atomic E-state index is 14.0. The third kappa shape index (κ3) is 4.04. The normalized spacial score (nSPS) is 22.9. The lowest BCUT2D eigenvalue weighted by molar-refractivity contribution is 0.0148. The van der Waals surface area contributed by atoms with Crippen LogP contribution in [0.2, 0.25) is 0 Å². The molecule has 1 amide bonds. The van der Waals surface area contributed by atoms with Crippen molar-refractivity contribution in [3.8, 4) is 5.69 Å². The molecule has 8 heteroatoms. The van der Waals surface area contributed by atoms with Gasteiger partial charge in [0.2, 0.25) is 0 Å². The summed E-state index contributed by atoms with van der Waals surface area (Å²) in [7, 11) is 0. The standard InChI is InChI=1S/C24H26FN5O2/c1-17-14-19(8-12-26-17)29-16-24(32-23(29)31)10-6-18(7-11-24)15-27-22-9-13-30(28-22)21-5-3-2-4-20(21)25/h2-5,8-9,12-14,18H,6-7,10-11,15-16H2,1H3,(H,27,28). The van der Waals surface area contributed by atoms with Crippen molar-refractivity contribution in [2.24, 2.45) is 5.92 Å². The van der Waals surface area contributed by atoms with Crippen molar-refractivity contribution in [1.82, 2.24) is 14.8 Å². The quantitative estimate of drug-likeness (QED) is 0.628. The van der Waals surface area contributed by atoms with Crippen LogP contribution in [0.5, 0.6) is 0 Å². The molecule has 2 fully saturated rings. The smallest absolute Gasteiger partial charge is 0.415 e. The van der Waals surface area contributed by atoms with Crippen molar-refractivity contribution in [2.45, 2.75) is 38.2 Å². The van der Waals surface area contributed by atoms with Crippen molar-refractivity contribution in [3.63, 3.8) is 0 Å². The number of ether oxygens (including phenoxy) is 1. The average Bonchev–Trinajstić information content (AvgIpc) is 3.38. The Bertz CT molecular complexity index is 1120. The van der Waals surface area contributed by atoms with Gasteiger partial charge < -0.3 is 10.1 Å². The summed E-state index contributed by atoms with van der Waals surface area (Å²) in [6.07, 6.45) is 6.83. The maximum Gasteiger partial charge on any atom is 0.415 e. The minimum absolute atomic E-state index is 0.272. The molecule has 1 N–H and O–H groups in total. The number of carbonyl (C=O) groups excluding carboxylic acids is 1. The van der Waals surface area contributed by atoms with Crippen LogP contribution in [-0.4, -0.2) is 39.5 Å². The number of amides is 1. The van der Waals surface area contributed by atoms with Crippen LogP contribution in [0, 0.1) is 18.7 Å². The van der Waals surface area contributed by atoms with Crippen molar-refractivity contribution in [3.05, 3.63) is 66.4 Å². The molecule has 1 saturated heterocycles. The van der Waals surface area contributed by atoms with Gasteiger partial charge in [-0.2, -0.15) is 5.10 Å². The molecule has 1 aromatic carbocycles. The fraction of sp³-hybridized carbons (Fsp3) is 0.375. The van der Waals surface area contributed by atoms with Gasteiger partial charge in [-0.3, -0.25) is 9.88 Å². The molecule has 32 heavy (non-hydrogen) atoms. The first-order valence-corrected chi connectivity index (χ1v) is 11.0. The predicted molar refractivity (Wildman–Crippen MR) is 120 cm³/mol. The van der Waals surface area contributed by atoms with E-state index in [0.29, 0.717) is 18.2 Å². The highest BCUT2D eigenvalue weighted by atomic mass is 19.1. The van der Waals surface area contributed by atoms with E-state index in [1.54, 1.807) is 40.2 Å². The van der Waals surface area contributed by atoms with Crippen LogP contribution >= 0.6 is 0 Å². The molecule has 1 aliphatic carbocycles. The number of benzene rings is 1. The average molecular weight is 436 g/mol. The summed E-state index contributed by atoms with van der Waals surface area (Å²) < 4.78 is 21.4. The first-order valence-electron chi connectivity index (χ1n) is 11.0. The SMILES string of the molecule is Cc1cc(N2CC3(CCC(CNc4ccn(-c5ccccc5F)n4)CC3)OC2=O)ccn1. The zero-order valence-corrected chi connectivity index (χ0v) is 18.0. The van der Waals surface area contributed by atoms with E-state index in [0.717, 1.165) is 49.4 Å². The summed E-state index contributed by atoms with van der Waals surface area (Å²) in [6, 6.07) is 12.2. The fourth-order valence-electron chi connectivity index (χ4n) is 4.63. The van der Waals surface area contributed by atoms with Crippen LogP contribution in [0.1, 0.15) is 31.4 Å². The number of nitrogens with zero attached hydrogens (tertiary/aromatic N) is 4. The summed E-state index contributed by atoms with van der Waals surface area (Å²) in [6.45, 7) is 3.28. The van der Waals surface area contributed by atoms with Gasteiger partial charge in [-0.05, 0) is 62.8 Å². The van der Waals surface area contributed by atoms with Gasteiger partial charge in [0.05, 0.1) is 12.2 Å². The van der Waals surface area contributed by atoms with E-state index in [9.17, 15) is 9.18 Å². The van der Waals surface area contributed by atoms with Crippen LogP contribution < -0.4 is 10.2 Å². The van der Waals surface area contributed by atoms with E-state index >= 15 is 0 Å². The molecule has 7 nitrogen and oxygen atoms in total. The van der Waals surface area contributed by atoms with E-state index in [1.165, 1.54) is 6.07 Å². The van der Waals surface area contributed by atoms with Gasteiger partial charge in [0.1, 0.15) is 22.9 Å². The molecule has 0 unspecified atom stereocenters. The first kappa shape index (κ1) is 20.5. The van der Waals surface area contributed by atoms with Gasteiger partial charge in [-0.25, -0.2) is 13.9 Å². The molecule has 1 saturated carbocycles. The number of hydrogen-bond acceptors (Lipinski definition) is 5. The number of para-hydroxylation sites is 1. The Hall–Kier alpha value is -3.42. The summed E-state index contributed by atoms with van der Waals surface area (Å²) >= 11 is 0. The number of rotatable bonds is 5. The second kappa shape index (κ2) is 8.26. The second-order valence-corrected chi connectivity index (χ2v) is 8.71. The number of carbonyl (C=O) groups is 1. The predicted octanol–water partition coefficient (Wildman–Crippen LogP) is 4.71. The highest BCUT2D eigenvalue weighted by Gasteiger charge is 2.47. The van der Waals surface area contributed by atoms with Crippen LogP contribution in [0.4, 0.5) is 20.7 Å². The molecular weight excluding hydrogens is 409 g/mol. The Morgan fingerprint density at radius 2 is 2.03 bits per heavy atom. The van der Waals surface area contributed by atoms with Crippen LogP contribution in [0.25, 0.3) is 5.69 Å². The number of aromatic nitrogens is 3. The van der Waals surface area contributed by atoms with Gasteiger partial charge in [0.15, 0.2) is 0 Å². The Morgan fingerprint density at radius 1 is 1.22 bits per heavy atom. The lowest BCUT2D eigenvalue weighted by Gasteiger charge is -2.35. The summed E-state index contributed by atoms with van der Waals surface area (Å²) in [4.78, 5) is 18.5. The Balaban J connectivity index is 1.16. The number of hydrogen-bond donors (Lipinski definition) is 1. The van der Waals surface area contributed by atoms with Crippen LogP contribution in [0.15, 0.2) is 54.9 Å². The molecule has 3 aromatic rings. The maximum absolute atomic E-state index is 14.0. The molecule has 2 aromatic heterocycles. The molecular formula is C24H26FN5O2. The molecule has 5 rings (SSSR count). The molecule has 166 valence electrons. The largest absolute Gasteiger partial charge is 0.441 e. The van der Waals surface area contributed by atoms with Crippen molar-refractivity contribution in [2.75, 3.05) is 23.3 Å². The molecule has 1 aliphatic heterocycles. The minimum atomic E-state index is -0.406. The molecule has 3 heterocycles. The Kier molecular flexibility index (Phi) is 5.28. The highest BCUT2D eigenvalue weighted by Crippen LogP contribution is 2.40. The Labute approximate surface area is 186 Å². The first-order chi connectivity index (χ1) is 15.5.